The number of nitrogens with one attached hydrogen (secondary N) is 2. The number of fused-ring (bicyclic) bond motifs is 1. The van der Waals surface area contributed by atoms with Gasteiger partial charge in [0.2, 0.25) is 5.91 Å². The van der Waals surface area contributed by atoms with Gasteiger partial charge in [0.25, 0.3) is 5.91 Å². The molecule has 0 aromatic heterocycles. The minimum Gasteiger partial charge on any atom is -0.381 e. The molecule has 1 fully saturated rings. The van der Waals surface area contributed by atoms with Gasteiger partial charge in [-0.2, -0.15) is 5.26 Å². The number of benzene rings is 2. The molecule has 0 unspecified atom stereocenters. The van der Waals surface area contributed by atoms with Gasteiger partial charge in [0.05, 0.1) is 11.6 Å². The predicted molar refractivity (Wildman–Crippen MR) is 111 cm³/mol. The number of nitrogens with zero attached hydrogens (tertiary/aromatic N) is 1. The molecule has 0 radical (unpaired) electrons. The van der Waals surface area contributed by atoms with Crippen molar-refractivity contribution >= 4 is 11.8 Å². The number of rotatable bonds is 5. The number of carbonyl (C=O) groups is 2. The Kier molecular flexibility index (Phi) is 5.53. The number of ether oxygens (including phenoxy) is 1. The lowest BCUT2D eigenvalue weighted by Gasteiger charge is -2.32. The van der Waals surface area contributed by atoms with Crippen molar-refractivity contribution in [3.63, 3.8) is 0 Å². The van der Waals surface area contributed by atoms with Gasteiger partial charge in [-0.25, -0.2) is 0 Å². The molecule has 0 bridgehead atoms. The van der Waals surface area contributed by atoms with Crippen molar-refractivity contribution in [3.8, 4) is 17.2 Å². The summed E-state index contributed by atoms with van der Waals surface area (Å²) < 4.78 is 5.27. The van der Waals surface area contributed by atoms with Crippen molar-refractivity contribution in [2.75, 3.05) is 13.2 Å². The van der Waals surface area contributed by atoms with Crippen LogP contribution in [0, 0.1) is 11.3 Å². The molecule has 4 N–H and O–H groups in total. The molecule has 1 atom stereocenters. The maximum absolute atomic E-state index is 12.6. The third-order valence-electron chi connectivity index (χ3n) is 5.81. The van der Waals surface area contributed by atoms with Crippen LogP contribution in [0.2, 0.25) is 0 Å². The fraction of sp³-hybridized carbons (Fsp3) is 0.348. The van der Waals surface area contributed by atoms with Crippen LogP contribution in [0.15, 0.2) is 42.5 Å². The van der Waals surface area contributed by atoms with E-state index >= 15 is 0 Å². The summed E-state index contributed by atoms with van der Waals surface area (Å²) in [5, 5.41) is 15.1. The Labute approximate surface area is 175 Å². The molecular weight excluding hydrogens is 380 g/mol. The topological polar surface area (TPSA) is 117 Å². The molecule has 2 aliphatic heterocycles. The van der Waals surface area contributed by atoms with E-state index in [4.69, 9.17) is 10.5 Å². The van der Waals surface area contributed by atoms with Gasteiger partial charge in [-0.15, -0.1) is 0 Å². The first-order valence-electron chi connectivity index (χ1n) is 10.1. The van der Waals surface area contributed by atoms with Crippen molar-refractivity contribution < 1.29 is 14.3 Å². The molecule has 0 spiro atoms. The summed E-state index contributed by atoms with van der Waals surface area (Å²) in [6, 6.07) is 15.2. The van der Waals surface area contributed by atoms with Crippen LogP contribution < -0.4 is 16.4 Å². The fourth-order valence-corrected chi connectivity index (χ4v) is 3.87. The number of amides is 2. The summed E-state index contributed by atoms with van der Waals surface area (Å²) in [7, 11) is 0. The first-order valence-corrected chi connectivity index (χ1v) is 10.1. The summed E-state index contributed by atoms with van der Waals surface area (Å²) in [5.41, 5.74) is 9.97. The summed E-state index contributed by atoms with van der Waals surface area (Å²) in [4.78, 5) is 24.3. The number of hydrogen-bond acceptors (Lipinski definition) is 5. The van der Waals surface area contributed by atoms with Crippen LogP contribution in [0.3, 0.4) is 0 Å². The van der Waals surface area contributed by atoms with Gasteiger partial charge in [-0.1, -0.05) is 30.3 Å². The first kappa shape index (κ1) is 20.1. The second-order valence-electron chi connectivity index (χ2n) is 7.88. The lowest BCUT2D eigenvalue weighted by atomic mass is 9.90. The van der Waals surface area contributed by atoms with Gasteiger partial charge in [0, 0.05) is 31.7 Å². The average molecular weight is 404 g/mol. The van der Waals surface area contributed by atoms with Gasteiger partial charge in [-0.05, 0) is 47.2 Å². The van der Waals surface area contributed by atoms with Crippen LogP contribution >= 0.6 is 0 Å². The van der Waals surface area contributed by atoms with E-state index in [2.05, 4.69) is 16.7 Å². The van der Waals surface area contributed by atoms with Crippen LogP contribution in [0.1, 0.15) is 34.3 Å². The van der Waals surface area contributed by atoms with Crippen molar-refractivity contribution in [3.05, 3.63) is 59.2 Å². The Hall–Kier alpha value is -3.21. The number of nitriles is 1. The lowest BCUT2D eigenvalue weighted by Crippen LogP contribution is -2.58. The minimum absolute atomic E-state index is 0.0310. The molecule has 2 heterocycles. The Bertz CT molecular complexity index is 1000. The van der Waals surface area contributed by atoms with Gasteiger partial charge >= 0.3 is 0 Å². The zero-order valence-electron chi connectivity index (χ0n) is 16.6. The number of nitrogens with two attached hydrogens (primary N) is 1. The monoisotopic (exact) mass is 404 g/mol. The molecule has 2 amide bonds. The molecule has 2 aromatic rings. The fourth-order valence-electron chi connectivity index (χ4n) is 3.87. The smallest absolute Gasteiger partial charge is 0.251 e. The largest absolute Gasteiger partial charge is 0.381 e. The highest BCUT2D eigenvalue weighted by Crippen LogP contribution is 2.25. The minimum atomic E-state index is -0.971. The Morgan fingerprint density at radius 1 is 1.20 bits per heavy atom. The summed E-state index contributed by atoms with van der Waals surface area (Å²) >= 11 is 0. The summed E-state index contributed by atoms with van der Waals surface area (Å²) in [6.45, 7) is 1.46. The second-order valence-corrected chi connectivity index (χ2v) is 7.88. The summed E-state index contributed by atoms with van der Waals surface area (Å²) in [6.07, 6.45) is 1.30. The van der Waals surface area contributed by atoms with Crippen molar-refractivity contribution in [2.24, 2.45) is 5.73 Å². The van der Waals surface area contributed by atoms with E-state index < -0.39 is 11.6 Å². The van der Waals surface area contributed by atoms with Crippen LogP contribution in [0.5, 0.6) is 0 Å². The highest BCUT2D eigenvalue weighted by Gasteiger charge is 2.36. The Morgan fingerprint density at radius 2 is 1.90 bits per heavy atom. The zero-order valence-corrected chi connectivity index (χ0v) is 16.6. The highest BCUT2D eigenvalue weighted by molar-refractivity contribution is 5.98. The first-order chi connectivity index (χ1) is 14.5. The predicted octanol–water partition coefficient (Wildman–Crippen LogP) is 1.66. The second kappa shape index (κ2) is 8.27. The maximum atomic E-state index is 12.6. The lowest BCUT2D eigenvalue weighted by molar-refractivity contribution is -0.130. The molecule has 30 heavy (non-hydrogen) atoms. The third-order valence-corrected chi connectivity index (χ3v) is 5.81. The molecule has 4 rings (SSSR count). The van der Waals surface area contributed by atoms with Crippen molar-refractivity contribution in [1.29, 1.82) is 5.26 Å². The van der Waals surface area contributed by atoms with Gasteiger partial charge in [-0.3, -0.25) is 9.59 Å². The maximum Gasteiger partial charge on any atom is 0.251 e. The number of carbonyl (C=O) groups excluding carboxylic acids is 2. The van der Waals surface area contributed by atoms with Crippen molar-refractivity contribution in [2.45, 2.75) is 37.4 Å². The molecular formula is C23H24N4O3. The quantitative estimate of drug-likeness (QED) is 0.701. The van der Waals surface area contributed by atoms with E-state index in [1.165, 1.54) is 0 Å². The van der Waals surface area contributed by atoms with E-state index in [1.54, 1.807) is 0 Å². The molecule has 1 saturated heterocycles. The van der Waals surface area contributed by atoms with Gasteiger partial charge in [0.15, 0.2) is 0 Å². The molecule has 0 saturated carbocycles. The molecule has 0 aliphatic carbocycles. The van der Waals surface area contributed by atoms with Crippen LogP contribution in [0.4, 0.5) is 0 Å². The molecule has 7 nitrogen and oxygen atoms in total. The standard InChI is InChI=1S/C23H24N4O3/c24-13-19(27-22(29)23(25)7-9-30-10-8-23)11-15-1-3-16(4-2-15)17-5-6-20-18(12-17)14-26-21(20)28/h1-6,12,19H,7-11,14,25H2,(H,26,28)(H,27,29)/t19-/m0/s1. The van der Waals surface area contributed by atoms with Gasteiger partial charge in [0.1, 0.15) is 6.04 Å². The van der Waals surface area contributed by atoms with E-state index in [0.29, 0.717) is 39.0 Å². The molecule has 7 heteroatoms. The van der Waals surface area contributed by atoms with Gasteiger partial charge < -0.3 is 21.1 Å². The Morgan fingerprint density at radius 3 is 2.60 bits per heavy atom. The zero-order chi connectivity index (χ0) is 21.1. The van der Waals surface area contributed by atoms with Crippen molar-refractivity contribution in [1.82, 2.24) is 10.6 Å². The normalized spacial score (nSPS) is 18.1. The van der Waals surface area contributed by atoms with E-state index in [0.717, 1.165) is 27.8 Å². The molecule has 2 aromatic carbocycles. The van der Waals surface area contributed by atoms with Crippen LogP contribution in [-0.2, 0) is 22.5 Å². The number of hydrogen-bond donors (Lipinski definition) is 3. The molecule has 154 valence electrons. The average Bonchev–Trinajstić information content (AvgIpc) is 3.14. The van der Waals surface area contributed by atoms with E-state index in [-0.39, 0.29) is 11.8 Å². The highest BCUT2D eigenvalue weighted by atomic mass is 16.5. The van der Waals surface area contributed by atoms with Crippen LogP contribution in [0.25, 0.3) is 11.1 Å². The third kappa shape index (κ3) is 4.06. The van der Waals surface area contributed by atoms with Crippen LogP contribution in [-0.4, -0.2) is 36.6 Å². The summed E-state index contributed by atoms with van der Waals surface area (Å²) in [5.74, 6) is -0.327. The van der Waals surface area contributed by atoms with E-state index in [9.17, 15) is 14.9 Å². The molecule has 2 aliphatic rings. The SMILES string of the molecule is N#C[C@H](Cc1ccc(-c2ccc3c(c2)CNC3=O)cc1)NC(=O)C1(N)CCOCC1. The van der Waals surface area contributed by atoms with E-state index in [1.807, 2.05) is 42.5 Å². The Balaban J connectivity index is 1.42.